The average molecular weight is 519 g/mol. The maximum atomic E-state index is 12.9. The van der Waals surface area contributed by atoms with E-state index >= 15 is 0 Å². The number of pyridine rings is 1. The predicted octanol–water partition coefficient (Wildman–Crippen LogP) is 5.96. The van der Waals surface area contributed by atoms with Crippen molar-refractivity contribution in [2.24, 2.45) is 17.8 Å². The van der Waals surface area contributed by atoms with Gasteiger partial charge in [0, 0.05) is 44.1 Å². The molecule has 7 heteroatoms. The van der Waals surface area contributed by atoms with Crippen LogP contribution in [0.1, 0.15) is 78.5 Å². The first-order chi connectivity index (χ1) is 18.1. The molecule has 1 saturated carbocycles. The van der Waals surface area contributed by atoms with Crippen molar-refractivity contribution < 1.29 is 14.3 Å². The number of esters is 1. The van der Waals surface area contributed by atoms with Crippen molar-refractivity contribution in [3.05, 3.63) is 48.2 Å². The summed E-state index contributed by atoms with van der Waals surface area (Å²) in [7, 11) is 0. The Morgan fingerprint density at radius 1 is 1.03 bits per heavy atom. The number of fused-ring (bicyclic) bond motifs is 1. The molecule has 1 aromatic heterocycles. The number of aromatic nitrogens is 1. The summed E-state index contributed by atoms with van der Waals surface area (Å²) in [4.78, 5) is 34.8. The Morgan fingerprint density at radius 3 is 2.32 bits per heavy atom. The highest BCUT2D eigenvalue weighted by Gasteiger charge is 2.48. The van der Waals surface area contributed by atoms with E-state index in [2.05, 4.69) is 41.4 Å². The van der Waals surface area contributed by atoms with E-state index in [0.29, 0.717) is 18.3 Å². The number of rotatable bonds is 6. The zero-order valence-electron chi connectivity index (χ0n) is 23.4. The standard InChI is InChI=1S/C31H42N4O3/c1-20-28(32-24-9-7-6-8-10-24)29-25(35(21(2)36)30(20)23-11-12-23)13-14-26(33-29)34-17-15-22(16-18-34)19-27(37)38-31(3,4)5/h6-10,13-14,20,22-23,28,30,32H,11-12,15-19H2,1-5H3/t20-,28-,30-/m1/s1. The van der Waals surface area contributed by atoms with Crippen molar-refractivity contribution in [3.8, 4) is 0 Å². The van der Waals surface area contributed by atoms with Gasteiger partial charge in [-0.2, -0.15) is 0 Å². The van der Waals surface area contributed by atoms with E-state index < -0.39 is 5.60 Å². The van der Waals surface area contributed by atoms with E-state index in [9.17, 15) is 9.59 Å². The zero-order valence-corrected chi connectivity index (χ0v) is 23.4. The Balaban J connectivity index is 1.38. The van der Waals surface area contributed by atoms with E-state index in [4.69, 9.17) is 9.72 Å². The fourth-order valence-corrected chi connectivity index (χ4v) is 6.26. The van der Waals surface area contributed by atoms with Crippen LogP contribution in [0.4, 0.5) is 17.2 Å². The SMILES string of the molecule is CC(=O)N1c2ccc(N3CCC(CC(=O)OC(C)(C)C)CC3)nc2[C@H](Nc2ccccc2)[C@@H](C)[C@@H]1C1CC1. The minimum atomic E-state index is -0.446. The van der Waals surface area contributed by atoms with Crippen LogP contribution in [0.5, 0.6) is 0 Å². The zero-order chi connectivity index (χ0) is 27.0. The van der Waals surface area contributed by atoms with Crippen LogP contribution in [0.2, 0.25) is 0 Å². The summed E-state index contributed by atoms with van der Waals surface area (Å²) in [5, 5.41) is 3.77. The molecule has 3 atom stereocenters. The van der Waals surface area contributed by atoms with Gasteiger partial charge in [0.1, 0.15) is 11.4 Å². The third-order valence-electron chi connectivity index (χ3n) is 8.16. The number of hydrogen-bond acceptors (Lipinski definition) is 6. The lowest BCUT2D eigenvalue weighted by atomic mass is 9.82. The molecule has 2 aliphatic heterocycles. The number of anilines is 3. The van der Waals surface area contributed by atoms with E-state index in [1.54, 1.807) is 6.92 Å². The monoisotopic (exact) mass is 518 g/mol. The molecular formula is C31H42N4O3. The highest BCUT2D eigenvalue weighted by molar-refractivity contribution is 5.94. The van der Waals surface area contributed by atoms with Crippen molar-refractivity contribution in [3.63, 3.8) is 0 Å². The van der Waals surface area contributed by atoms with Crippen LogP contribution in [0.25, 0.3) is 0 Å². The third-order valence-corrected chi connectivity index (χ3v) is 8.16. The number of amides is 1. The minimum absolute atomic E-state index is 0.0123. The van der Waals surface area contributed by atoms with Crippen LogP contribution in [-0.4, -0.2) is 41.6 Å². The van der Waals surface area contributed by atoms with Gasteiger partial charge >= 0.3 is 5.97 Å². The molecule has 2 aromatic rings. The number of para-hydroxylation sites is 1. The van der Waals surface area contributed by atoms with Crippen molar-refractivity contribution in [2.45, 2.75) is 84.4 Å². The van der Waals surface area contributed by atoms with Crippen LogP contribution in [0.15, 0.2) is 42.5 Å². The van der Waals surface area contributed by atoms with E-state index in [1.165, 1.54) is 12.8 Å². The van der Waals surface area contributed by atoms with E-state index in [-0.39, 0.29) is 29.9 Å². The Morgan fingerprint density at radius 2 is 1.71 bits per heavy atom. The fourth-order valence-electron chi connectivity index (χ4n) is 6.26. The molecule has 1 aromatic carbocycles. The molecule has 2 fully saturated rings. The molecule has 1 amide bonds. The number of nitrogens with zero attached hydrogens (tertiary/aromatic N) is 3. The summed E-state index contributed by atoms with van der Waals surface area (Å²) in [5.74, 6) is 2.03. The topological polar surface area (TPSA) is 74.8 Å². The predicted molar refractivity (Wildman–Crippen MR) is 151 cm³/mol. The van der Waals surface area contributed by atoms with Gasteiger partial charge in [-0.3, -0.25) is 9.59 Å². The Hall–Kier alpha value is -3.09. The molecule has 204 valence electrons. The molecule has 0 bridgehead atoms. The van der Waals surface area contributed by atoms with Gasteiger partial charge in [-0.05, 0) is 82.6 Å². The molecule has 0 radical (unpaired) electrons. The maximum absolute atomic E-state index is 12.9. The first kappa shape index (κ1) is 26.5. The number of carbonyl (C=O) groups excluding carboxylic acids is 2. The highest BCUT2D eigenvalue weighted by atomic mass is 16.6. The quantitative estimate of drug-likeness (QED) is 0.475. The lowest BCUT2D eigenvalue weighted by molar-refractivity contribution is -0.156. The number of carbonyl (C=O) groups is 2. The summed E-state index contributed by atoms with van der Waals surface area (Å²) in [6, 6.07) is 14.7. The van der Waals surface area contributed by atoms with Gasteiger partial charge in [-0.15, -0.1) is 0 Å². The van der Waals surface area contributed by atoms with Gasteiger partial charge in [0.05, 0.1) is 17.4 Å². The summed E-state index contributed by atoms with van der Waals surface area (Å²) in [6.45, 7) is 11.4. The molecule has 38 heavy (non-hydrogen) atoms. The summed E-state index contributed by atoms with van der Waals surface area (Å²) in [6.07, 6.45) is 4.69. The summed E-state index contributed by atoms with van der Waals surface area (Å²) in [5.41, 5.74) is 2.50. The van der Waals surface area contributed by atoms with Gasteiger partial charge in [-0.1, -0.05) is 25.1 Å². The maximum Gasteiger partial charge on any atom is 0.306 e. The van der Waals surface area contributed by atoms with Crippen molar-refractivity contribution in [1.29, 1.82) is 0 Å². The van der Waals surface area contributed by atoms with Crippen LogP contribution < -0.4 is 15.1 Å². The fraction of sp³-hybridized carbons (Fsp3) is 0.581. The number of benzene rings is 1. The lowest BCUT2D eigenvalue weighted by Gasteiger charge is -2.45. The number of hydrogen-bond donors (Lipinski definition) is 1. The Labute approximate surface area is 226 Å². The second-order valence-electron chi connectivity index (χ2n) is 12.4. The molecule has 1 N–H and O–H groups in total. The molecule has 0 spiro atoms. The number of piperidine rings is 1. The molecule has 0 unspecified atom stereocenters. The molecule has 3 aliphatic rings. The van der Waals surface area contributed by atoms with Gasteiger partial charge in [0.15, 0.2) is 0 Å². The highest BCUT2D eigenvalue weighted by Crippen LogP contribution is 2.50. The normalized spacial score (nSPS) is 24.1. The molecule has 7 nitrogen and oxygen atoms in total. The van der Waals surface area contributed by atoms with Gasteiger partial charge in [-0.25, -0.2) is 4.98 Å². The Bertz CT molecular complexity index is 1150. The van der Waals surface area contributed by atoms with Gasteiger partial charge in [0.25, 0.3) is 0 Å². The van der Waals surface area contributed by atoms with Gasteiger partial charge < -0.3 is 19.9 Å². The molecule has 3 heterocycles. The molecule has 5 rings (SSSR count). The molecule has 1 saturated heterocycles. The van der Waals surface area contributed by atoms with Crippen LogP contribution in [-0.2, 0) is 14.3 Å². The van der Waals surface area contributed by atoms with E-state index in [1.807, 2.05) is 43.9 Å². The largest absolute Gasteiger partial charge is 0.460 e. The first-order valence-electron chi connectivity index (χ1n) is 14.2. The van der Waals surface area contributed by atoms with Crippen molar-refractivity contribution in [1.82, 2.24) is 4.98 Å². The summed E-state index contributed by atoms with van der Waals surface area (Å²) >= 11 is 0. The van der Waals surface area contributed by atoms with Crippen LogP contribution >= 0.6 is 0 Å². The smallest absolute Gasteiger partial charge is 0.306 e. The number of nitrogens with one attached hydrogen (secondary N) is 1. The van der Waals surface area contributed by atoms with Crippen molar-refractivity contribution in [2.75, 3.05) is 28.2 Å². The minimum Gasteiger partial charge on any atom is -0.460 e. The molecule has 1 aliphatic carbocycles. The van der Waals surface area contributed by atoms with Crippen LogP contribution in [0, 0.1) is 17.8 Å². The third kappa shape index (κ3) is 5.82. The average Bonchev–Trinajstić information content (AvgIpc) is 3.70. The Kier molecular flexibility index (Phi) is 7.38. The first-order valence-corrected chi connectivity index (χ1v) is 14.2. The second-order valence-corrected chi connectivity index (χ2v) is 12.4. The summed E-state index contributed by atoms with van der Waals surface area (Å²) < 4.78 is 5.54. The lowest BCUT2D eigenvalue weighted by Crippen LogP contribution is -2.51. The number of ether oxygens (including phenoxy) is 1. The van der Waals surface area contributed by atoms with E-state index in [0.717, 1.165) is 48.8 Å². The van der Waals surface area contributed by atoms with Gasteiger partial charge in [0.2, 0.25) is 5.91 Å². The molecular weight excluding hydrogens is 476 g/mol. The van der Waals surface area contributed by atoms with Crippen LogP contribution in [0.3, 0.4) is 0 Å². The second kappa shape index (κ2) is 10.6. The van der Waals surface area contributed by atoms with Crippen molar-refractivity contribution >= 4 is 29.1 Å².